The minimum atomic E-state index is -0.188. The van der Waals surface area contributed by atoms with E-state index in [1.165, 1.54) is 0 Å². The topological polar surface area (TPSA) is 77.6 Å². The summed E-state index contributed by atoms with van der Waals surface area (Å²) in [5.41, 5.74) is 0. The third-order valence-corrected chi connectivity index (χ3v) is 9.37. The number of nitrogens with one attached hydrogen (secondary N) is 2. The van der Waals surface area contributed by atoms with Crippen LogP contribution in [0.25, 0.3) is 0 Å². The van der Waals surface area contributed by atoms with Crippen LogP contribution < -0.4 is 10.6 Å². The Morgan fingerprint density at radius 2 is 0.727 bits per heavy atom. The maximum Gasteiger partial charge on any atom is 0.238 e. The van der Waals surface area contributed by atoms with Gasteiger partial charge in [-0.1, -0.05) is 76.2 Å². The lowest BCUT2D eigenvalue weighted by molar-refractivity contribution is -0.127. The van der Waals surface area contributed by atoms with Gasteiger partial charge >= 0.3 is 0 Å². The molecule has 0 saturated carbocycles. The highest BCUT2D eigenvalue weighted by Gasteiger charge is 2.28. The zero-order valence-electron chi connectivity index (χ0n) is 31.0. The van der Waals surface area contributed by atoms with Gasteiger partial charge in [0.2, 0.25) is 11.8 Å². The van der Waals surface area contributed by atoms with Crippen molar-refractivity contribution in [3.8, 4) is 0 Å². The molecule has 0 aromatic carbocycles. The SMILES string of the molecule is CCN(CC)CCN(CC)C[C@@H](C(=O)NCC(C)CNC(=O)[C@H](CN(CC)CCN(CC)CC)N(CC)CC)N(CC)CC. The Morgan fingerprint density at radius 1 is 0.455 bits per heavy atom. The summed E-state index contributed by atoms with van der Waals surface area (Å²) in [7, 11) is 0. The van der Waals surface area contributed by atoms with E-state index in [0.29, 0.717) is 13.1 Å². The van der Waals surface area contributed by atoms with Gasteiger partial charge in [-0.15, -0.1) is 0 Å². The fourth-order valence-corrected chi connectivity index (χ4v) is 5.81. The summed E-state index contributed by atoms with van der Waals surface area (Å²) >= 11 is 0. The molecule has 0 fully saturated rings. The zero-order chi connectivity index (χ0) is 33.5. The largest absolute Gasteiger partial charge is 0.354 e. The molecule has 44 heavy (non-hydrogen) atoms. The molecule has 2 N–H and O–H groups in total. The summed E-state index contributed by atoms with van der Waals surface area (Å²) in [5.74, 6) is 0.300. The van der Waals surface area contributed by atoms with Crippen LogP contribution in [0.15, 0.2) is 0 Å². The maximum atomic E-state index is 13.5. The van der Waals surface area contributed by atoms with Crippen LogP contribution in [-0.4, -0.2) is 171 Å². The summed E-state index contributed by atoms with van der Waals surface area (Å²) in [4.78, 5) is 41.3. The lowest BCUT2D eigenvalue weighted by Crippen LogP contribution is -2.55. The number of nitrogens with zero attached hydrogens (tertiary/aromatic N) is 6. The predicted molar refractivity (Wildman–Crippen MR) is 188 cm³/mol. The van der Waals surface area contributed by atoms with Crippen molar-refractivity contribution < 1.29 is 9.59 Å². The summed E-state index contributed by atoms with van der Waals surface area (Å²) in [6.45, 7) is 39.7. The molecule has 2 atom stereocenters. The molecule has 0 bridgehead atoms. The van der Waals surface area contributed by atoms with Crippen LogP contribution in [0.3, 0.4) is 0 Å². The molecule has 10 heteroatoms. The van der Waals surface area contributed by atoms with Crippen LogP contribution in [0.1, 0.15) is 76.2 Å². The molecule has 0 saturated heterocycles. The second-order valence-corrected chi connectivity index (χ2v) is 11.9. The number of amides is 2. The highest BCUT2D eigenvalue weighted by molar-refractivity contribution is 5.82. The lowest BCUT2D eigenvalue weighted by atomic mass is 10.1. The highest BCUT2D eigenvalue weighted by Crippen LogP contribution is 2.07. The molecule has 0 spiro atoms. The van der Waals surface area contributed by atoms with Gasteiger partial charge < -0.3 is 30.2 Å². The molecule has 0 aliphatic heterocycles. The van der Waals surface area contributed by atoms with Crippen LogP contribution in [-0.2, 0) is 9.59 Å². The molecule has 2 amide bonds. The minimum Gasteiger partial charge on any atom is -0.354 e. The molecule has 0 aliphatic carbocycles. The van der Waals surface area contributed by atoms with Crippen molar-refractivity contribution in [2.45, 2.75) is 88.2 Å². The fourth-order valence-electron chi connectivity index (χ4n) is 5.81. The number of likely N-dealkylation sites (N-methyl/N-ethyl adjacent to an activating group) is 6. The van der Waals surface area contributed by atoms with E-state index in [1.807, 2.05) is 0 Å². The minimum absolute atomic E-state index is 0.0842. The molecule has 0 aromatic rings. The average Bonchev–Trinajstić information content (AvgIpc) is 3.05. The van der Waals surface area contributed by atoms with Crippen molar-refractivity contribution in [1.82, 2.24) is 40.0 Å². The van der Waals surface area contributed by atoms with E-state index in [9.17, 15) is 9.59 Å². The van der Waals surface area contributed by atoms with E-state index in [0.717, 1.165) is 105 Å². The van der Waals surface area contributed by atoms with Crippen LogP contribution in [0.4, 0.5) is 0 Å². The Hall–Kier alpha value is -1.30. The number of hydrogen-bond donors (Lipinski definition) is 2. The van der Waals surface area contributed by atoms with Gasteiger partial charge in [-0.25, -0.2) is 0 Å². The third-order valence-electron chi connectivity index (χ3n) is 9.37. The third kappa shape index (κ3) is 16.3. The molecule has 0 aromatic heterocycles. The number of rotatable bonds is 28. The monoisotopic (exact) mass is 627 g/mol. The average molecular weight is 627 g/mol. The van der Waals surface area contributed by atoms with Crippen LogP contribution >= 0.6 is 0 Å². The quantitative estimate of drug-likeness (QED) is 0.137. The first kappa shape index (κ1) is 42.7. The smallest absolute Gasteiger partial charge is 0.238 e. The van der Waals surface area contributed by atoms with Gasteiger partial charge in [0.25, 0.3) is 0 Å². The van der Waals surface area contributed by atoms with Gasteiger partial charge in [0.05, 0.1) is 0 Å². The molecule has 0 aliphatic rings. The van der Waals surface area contributed by atoms with Crippen molar-refractivity contribution in [3.05, 3.63) is 0 Å². The van der Waals surface area contributed by atoms with Crippen LogP contribution in [0.5, 0.6) is 0 Å². The van der Waals surface area contributed by atoms with E-state index in [4.69, 9.17) is 0 Å². The first-order valence-corrected chi connectivity index (χ1v) is 18.1. The van der Waals surface area contributed by atoms with E-state index in [2.05, 4.69) is 116 Å². The summed E-state index contributed by atoms with van der Waals surface area (Å²) in [6.07, 6.45) is 0. The van der Waals surface area contributed by atoms with Crippen molar-refractivity contribution in [3.63, 3.8) is 0 Å². The van der Waals surface area contributed by atoms with Crippen LogP contribution in [0, 0.1) is 5.92 Å². The van der Waals surface area contributed by atoms with Gasteiger partial charge in [0, 0.05) is 52.4 Å². The number of carbonyl (C=O) groups is 2. The Balaban J connectivity index is 5.25. The Morgan fingerprint density at radius 3 is 0.977 bits per heavy atom. The standard InChI is InChI=1S/C34H74N8O2/c1-12-37(13-2)22-24-39(16-5)28-31(41(18-7)19-8)33(43)35-26-30(11)27-36-34(44)32(42(20-9)21-10)29-40(17-6)25-23-38(14-3)15-4/h30-32H,12-29H2,1-11H3,(H,35,43)(H,36,44)/t31-,32-/m0/s1. The summed E-state index contributed by atoms with van der Waals surface area (Å²) in [5, 5.41) is 6.47. The first-order valence-electron chi connectivity index (χ1n) is 18.1. The second-order valence-electron chi connectivity index (χ2n) is 11.9. The Bertz CT molecular complexity index is 653. The van der Waals surface area contributed by atoms with Crippen molar-refractivity contribution >= 4 is 11.8 Å². The van der Waals surface area contributed by atoms with E-state index in [1.54, 1.807) is 0 Å². The summed E-state index contributed by atoms with van der Waals surface area (Å²) < 4.78 is 0. The van der Waals surface area contributed by atoms with Gasteiger partial charge in [-0.2, -0.15) is 0 Å². The van der Waals surface area contributed by atoms with E-state index < -0.39 is 0 Å². The molecule has 10 nitrogen and oxygen atoms in total. The van der Waals surface area contributed by atoms with Crippen molar-refractivity contribution in [1.29, 1.82) is 0 Å². The molecular weight excluding hydrogens is 552 g/mol. The second kappa shape index (κ2) is 25.8. The number of hydrogen-bond acceptors (Lipinski definition) is 8. The van der Waals surface area contributed by atoms with Crippen molar-refractivity contribution in [2.24, 2.45) is 5.92 Å². The highest BCUT2D eigenvalue weighted by atomic mass is 16.2. The molecular formula is C34H74N8O2. The molecule has 0 heterocycles. The first-order chi connectivity index (χ1) is 21.1. The molecule has 0 radical (unpaired) electrons. The predicted octanol–water partition coefficient (Wildman–Crippen LogP) is 2.60. The Kier molecular flexibility index (Phi) is 25.1. The fraction of sp³-hybridized carbons (Fsp3) is 0.941. The van der Waals surface area contributed by atoms with Gasteiger partial charge in [0.15, 0.2) is 0 Å². The molecule has 262 valence electrons. The van der Waals surface area contributed by atoms with E-state index >= 15 is 0 Å². The van der Waals surface area contributed by atoms with Crippen LogP contribution in [0.2, 0.25) is 0 Å². The number of carbonyl (C=O) groups excluding carboxylic acids is 2. The van der Waals surface area contributed by atoms with Gasteiger partial charge in [-0.05, 0) is 71.4 Å². The molecule has 0 rings (SSSR count). The maximum absolute atomic E-state index is 13.5. The van der Waals surface area contributed by atoms with Crippen molar-refractivity contribution in [2.75, 3.05) is 118 Å². The summed E-state index contributed by atoms with van der Waals surface area (Å²) in [6, 6.07) is -0.376. The van der Waals surface area contributed by atoms with Gasteiger partial charge in [0.1, 0.15) is 12.1 Å². The zero-order valence-corrected chi connectivity index (χ0v) is 31.0. The van der Waals surface area contributed by atoms with E-state index in [-0.39, 0.29) is 29.8 Å². The molecule has 0 unspecified atom stereocenters. The normalized spacial score (nSPS) is 13.7. The lowest BCUT2D eigenvalue weighted by Gasteiger charge is -2.34. The van der Waals surface area contributed by atoms with Gasteiger partial charge in [-0.3, -0.25) is 19.4 Å². The Labute approximate surface area is 273 Å².